The maximum Gasteiger partial charge on any atom is 0.254 e. The van der Waals surface area contributed by atoms with Gasteiger partial charge < -0.3 is 20.6 Å². The Morgan fingerprint density at radius 1 is 1.43 bits per heavy atom. The van der Waals surface area contributed by atoms with Gasteiger partial charge in [-0.15, -0.1) is 0 Å². The van der Waals surface area contributed by atoms with Crippen LogP contribution in [-0.4, -0.2) is 60.1 Å². The molecule has 0 atom stereocenters. The Labute approximate surface area is 126 Å². The highest BCUT2D eigenvalue weighted by atomic mass is 16.3. The van der Waals surface area contributed by atoms with E-state index in [-0.39, 0.29) is 18.6 Å². The molecule has 0 aromatic heterocycles. The summed E-state index contributed by atoms with van der Waals surface area (Å²) in [4.78, 5) is 16.9. The van der Waals surface area contributed by atoms with Crippen LogP contribution in [0.5, 0.6) is 0 Å². The van der Waals surface area contributed by atoms with E-state index in [2.05, 4.69) is 11.9 Å². The van der Waals surface area contributed by atoms with Crippen LogP contribution in [0.1, 0.15) is 28.8 Å². The number of aliphatic hydroxyl groups excluding tert-OH is 1. The fourth-order valence-electron chi connectivity index (χ4n) is 2.95. The van der Waals surface area contributed by atoms with Crippen molar-refractivity contribution in [2.75, 3.05) is 39.0 Å². The summed E-state index contributed by atoms with van der Waals surface area (Å²) >= 11 is 0. The molecule has 1 amide bonds. The average molecular weight is 291 g/mol. The fraction of sp³-hybridized carbons (Fsp3) is 0.562. The number of carbonyl (C=O) groups is 1. The molecule has 1 fully saturated rings. The Balaban J connectivity index is 2.18. The number of nitrogens with two attached hydrogens (primary N) is 1. The number of anilines is 1. The number of aliphatic hydroxyl groups is 1. The van der Waals surface area contributed by atoms with E-state index >= 15 is 0 Å². The van der Waals surface area contributed by atoms with Gasteiger partial charge in [0, 0.05) is 23.8 Å². The largest absolute Gasteiger partial charge is 0.399 e. The van der Waals surface area contributed by atoms with Crippen molar-refractivity contribution in [3.05, 3.63) is 29.3 Å². The van der Waals surface area contributed by atoms with Gasteiger partial charge in [-0.25, -0.2) is 0 Å². The second-order valence-electron chi connectivity index (χ2n) is 5.83. The van der Waals surface area contributed by atoms with Crippen LogP contribution in [0, 0.1) is 6.92 Å². The third-order valence-electron chi connectivity index (χ3n) is 4.21. The monoisotopic (exact) mass is 291 g/mol. The van der Waals surface area contributed by atoms with Crippen molar-refractivity contribution in [2.45, 2.75) is 25.8 Å². The van der Waals surface area contributed by atoms with Crippen molar-refractivity contribution in [1.29, 1.82) is 0 Å². The molecule has 0 aliphatic carbocycles. The molecule has 2 rings (SSSR count). The molecule has 116 valence electrons. The topological polar surface area (TPSA) is 69.8 Å². The molecule has 1 aliphatic rings. The maximum absolute atomic E-state index is 12.8. The van der Waals surface area contributed by atoms with Gasteiger partial charge in [0.15, 0.2) is 0 Å². The van der Waals surface area contributed by atoms with Gasteiger partial charge in [0.1, 0.15) is 0 Å². The van der Waals surface area contributed by atoms with E-state index < -0.39 is 0 Å². The quantitative estimate of drug-likeness (QED) is 0.815. The Hall–Kier alpha value is -1.59. The van der Waals surface area contributed by atoms with Crippen LogP contribution in [0.2, 0.25) is 0 Å². The van der Waals surface area contributed by atoms with Crippen molar-refractivity contribution in [1.82, 2.24) is 9.80 Å². The Morgan fingerprint density at radius 2 is 2.10 bits per heavy atom. The number of aryl methyl sites for hydroxylation is 1. The number of amides is 1. The first-order valence-corrected chi connectivity index (χ1v) is 7.49. The second-order valence-corrected chi connectivity index (χ2v) is 5.83. The lowest BCUT2D eigenvalue weighted by Crippen LogP contribution is -2.47. The number of hydrogen-bond donors (Lipinski definition) is 2. The van der Waals surface area contributed by atoms with E-state index in [0.29, 0.717) is 17.8 Å². The minimum absolute atomic E-state index is 0.00361. The fourth-order valence-corrected chi connectivity index (χ4v) is 2.95. The lowest BCUT2D eigenvalue weighted by Gasteiger charge is -2.37. The molecule has 0 radical (unpaired) electrons. The molecule has 0 unspecified atom stereocenters. The molecule has 1 aromatic rings. The van der Waals surface area contributed by atoms with Gasteiger partial charge in [-0.05, 0) is 63.7 Å². The van der Waals surface area contributed by atoms with E-state index in [0.717, 1.165) is 31.5 Å². The van der Waals surface area contributed by atoms with Gasteiger partial charge in [0.25, 0.3) is 5.91 Å². The van der Waals surface area contributed by atoms with Gasteiger partial charge in [-0.2, -0.15) is 0 Å². The van der Waals surface area contributed by atoms with Gasteiger partial charge >= 0.3 is 0 Å². The summed E-state index contributed by atoms with van der Waals surface area (Å²) in [6.07, 6.45) is 1.91. The molecule has 21 heavy (non-hydrogen) atoms. The summed E-state index contributed by atoms with van der Waals surface area (Å²) in [5, 5.41) is 9.30. The predicted octanol–water partition coefficient (Wildman–Crippen LogP) is 1.11. The summed E-state index contributed by atoms with van der Waals surface area (Å²) in [7, 11) is 2.10. The highest BCUT2D eigenvalue weighted by molar-refractivity contribution is 5.96. The minimum Gasteiger partial charge on any atom is -0.399 e. The first kappa shape index (κ1) is 15.8. The van der Waals surface area contributed by atoms with Crippen molar-refractivity contribution >= 4 is 11.6 Å². The predicted molar refractivity (Wildman–Crippen MR) is 84.2 cm³/mol. The number of benzene rings is 1. The summed E-state index contributed by atoms with van der Waals surface area (Å²) in [6, 6.07) is 5.56. The first-order valence-electron chi connectivity index (χ1n) is 7.49. The zero-order valence-electron chi connectivity index (χ0n) is 12.9. The van der Waals surface area contributed by atoms with Gasteiger partial charge in [-0.1, -0.05) is 0 Å². The first-order chi connectivity index (χ1) is 10.0. The standard InChI is InChI=1S/C16H25N3O2/c1-12-11-13(17)3-4-15(12)16(21)19(9-10-20)14-5-7-18(2)8-6-14/h3-4,11,14,20H,5-10,17H2,1-2H3. The molecular formula is C16H25N3O2. The molecule has 0 saturated carbocycles. The smallest absolute Gasteiger partial charge is 0.254 e. The maximum atomic E-state index is 12.8. The highest BCUT2D eigenvalue weighted by Gasteiger charge is 2.27. The number of nitrogen functional groups attached to an aromatic ring is 1. The normalized spacial score (nSPS) is 16.9. The number of rotatable bonds is 4. The molecule has 5 nitrogen and oxygen atoms in total. The number of piperidine rings is 1. The van der Waals surface area contributed by atoms with Crippen molar-refractivity contribution in [3.63, 3.8) is 0 Å². The highest BCUT2D eigenvalue weighted by Crippen LogP contribution is 2.20. The zero-order valence-corrected chi connectivity index (χ0v) is 12.9. The SMILES string of the molecule is Cc1cc(N)ccc1C(=O)N(CCO)C1CCN(C)CC1. The Bertz CT molecular complexity index is 496. The van der Waals surface area contributed by atoms with Crippen LogP contribution < -0.4 is 5.73 Å². The van der Waals surface area contributed by atoms with E-state index in [1.165, 1.54) is 0 Å². The average Bonchev–Trinajstić information content (AvgIpc) is 2.45. The molecule has 1 aliphatic heterocycles. The van der Waals surface area contributed by atoms with Crippen LogP contribution in [0.3, 0.4) is 0 Å². The lowest BCUT2D eigenvalue weighted by molar-refractivity contribution is 0.0539. The van der Waals surface area contributed by atoms with E-state index in [9.17, 15) is 9.90 Å². The Morgan fingerprint density at radius 3 is 2.67 bits per heavy atom. The van der Waals surface area contributed by atoms with Gasteiger partial charge in [0.2, 0.25) is 0 Å². The number of carbonyl (C=O) groups excluding carboxylic acids is 1. The minimum atomic E-state index is -0.00784. The van der Waals surface area contributed by atoms with Crippen LogP contribution in [0.15, 0.2) is 18.2 Å². The van der Waals surface area contributed by atoms with Crippen LogP contribution in [-0.2, 0) is 0 Å². The van der Waals surface area contributed by atoms with Gasteiger partial charge in [-0.3, -0.25) is 4.79 Å². The van der Waals surface area contributed by atoms with Gasteiger partial charge in [0.05, 0.1) is 6.61 Å². The van der Waals surface area contributed by atoms with Crippen molar-refractivity contribution in [2.24, 2.45) is 0 Å². The molecule has 1 heterocycles. The van der Waals surface area contributed by atoms with Crippen LogP contribution in [0.4, 0.5) is 5.69 Å². The molecule has 0 bridgehead atoms. The zero-order chi connectivity index (χ0) is 15.4. The summed E-state index contributed by atoms with van der Waals surface area (Å²) in [5.41, 5.74) is 7.98. The third-order valence-corrected chi connectivity index (χ3v) is 4.21. The van der Waals surface area contributed by atoms with Crippen molar-refractivity contribution in [3.8, 4) is 0 Å². The number of hydrogen-bond acceptors (Lipinski definition) is 4. The molecule has 5 heteroatoms. The summed E-state index contributed by atoms with van der Waals surface area (Å²) < 4.78 is 0. The Kier molecular flexibility index (Phi) is 5.20. The van der Waals surface area contributed by atoms with E-state index in [4.69, 9.17) is 5.73 Å². The number of nitrogens with zero attached hydrogens (tertiary/aromatic N) is 2. The molecule has 0 spiro atoms. The summed E-state index contributed by atoms with van der Waals surface area (Å²) in [5.74, 6) is -0.00361. The van der Waals surface area contributed by atoms with Crippen LogP contribution in [0.25, 0.3) is 0 Å². The molecule has 1 aromatic carbocycles. The lowest BCUT2D eigenvalue weighted by atomic mass is 10.0. The van der Waals surface area contributed by atoms with E-state index in [1.807, 2.05) is 17.9 Å². The van der Waals surface area contributed by atoms with Crippen molar-refractivity contribution < 1.29 is 9.90 Å². The van der Waals surface area contributed by atoms with Crippen LogP contribution >= 0.6 is 0 Å². The molecule has 1 saturated heterocycles. The molecular weight excluding hydrogens is 266 g/mol. The van der Waals surface area contributed by atoms with E-state index in [1.54, 1.807) is 12.1 Å². The second kappa shape index (κ2) is 6.91. The third kappa shape index (κ3) is 3.74. The number of likely N-dealkylation sites (tertiary alicyclic amines) is 1. The molecule has 3 N–H and O–H groups in total. The summed E-state index contributed by atoms with van der Waals surface area (Å²) in [6.45, 7) is 4.25.